The van der Waals surface area contributed by atoms with Gasteiger partial charge in [0.05, 0.1) is 7.11 Å². The van der Waals surface area contributed by atoms with Gasteiger partial charge in [0, 0.05) is 49.8 Å². The maximum Gasteiger partial charge on any atom is 0.223 e. The number of nitrogens with zero attached hydrogens (tertiary/aromatic N) is 3. The lowest BCUT2D eigenvalue weighted by Gasteiger charge is -2.28. The zero-order chi connectivity index (χ0) is 18.8. The molecule has 4 rings (SSSR count). The molecule has 2 aliphatic rings. The minimum absolute atomic E-state index is 0.00926. The molecule has 27 heavy (non-hydrogen) atoms. The van der Waals surface area contributed by atoms with E-state index in [9.17, 15) is 4.79 Å². The second-order valence-corrected chi connectivity index (χ2v) is 7.83. The third-order valence-corrected chi connectivity index (χ3v) is 6.06. The number of carbonyl (C=O) groups is 1. The van der Waals surface area contributed by atoms with Gasteiger partial charge < -0.3 is 14.2 Å². The van der Waals surface area contributed by atoms with Crippen molar-refractivity contribution in [3.05, 3.63) is 47.5 Å². The largest absolute Gasteiger partial charge is 0.497 e. The van der Waals surface area contributed by atoms with Crippen LogP contribution in [0, 0.1) is 0 Å². The van der Waals surface area contributed by atoms with Crippen LogP contribution in [-0.4, -0.2) is 40.6 Å². The molecule has 1 fully saturated rings. The molecular formula is C22H29N3O2. The van der Waals surface area contributed by atoms with Crippen molar-refractivity contribution in [1.82, 2.24) is 14.5 Å². The first-order chi connectivity index (χ1) is 13.2. The first-order valence-electron chi connectivity index (χ1n) is 10.1. The zero-order valence-electron chi connectivity index (χ0n) is 16.4. The third kappa shape index (κ3) is 3.60. The van der Waals surface area contributed by atoms with E-state index in [2.05, 4.69) is 23.6 Å². The van der Waals surface area contributed by atoms with Crippen LogP contribution in [0.5, 0.6) is 5.75 Å². The number of hydrogen-bond acceptors (Lipinski definition) is 3. The number of aryl methyl sites for hydroxylation is 1. The van der Waals surface area contributed by atoms with Crippen molar-refractivity contribution < 1.29 is 9.53 Å². The summed E-state index contributed by atoms with van der Waals surface area (Å²) in [5.74, 6) is 2.25. The normalized spacial score (nSPS) is 20.4. The first kappa shape index (κ1) is 18.1. The summed E-state index contributed by atoms with van der Waals surface area (Å²) in [5, 5.41) is 0. The number of aromatic nitrogens is 2. The van der Waals surface area contributed by atoms with Gasteiger partial charge in [-0.05, 0) is 50.3 Å². The Labute approximate surface area is 161 Å². The van der Waals surface area contributed by atoms with E-state index in [1.54, 1.807) is 7.11 Å². The highest BCUT2D eigenvalue weighted by Gasteiger charge is 2.29. The van der Waals surface area contributed by atoms with Gasteiger partial charge in [0.1, 0.15) is 11.6 Å². The second-order valence-electron chi connectivity index (χ2n) is 7.83. The van der Waals surface area contributed by atoms with Gasteiger partial charge in [0.2, 0.25) is 5.91 Å². The molecule has 5 heteroatoms. The van der Waals surface area contributed by atoms with Crippen LogP contribution < -0.4 is 4.74 Å². The van der Waals surface area contributed by atoms with Crippen LogP contribution in [0.3, 0.4) is 0 Å². The van der Waals surface area contributed by atoms with Gasteiger partial charge in [0.15, 0.2) is 0 Å². The molecule has 2 aromatic rings. The third-order valence-electron chi connectivity index (χ3n) is 6.06. The highest BCUT2D eigenvalue weighted by Crippen LogP contribution is 2.36. The summed E-state index contributed by atoms with van der Waals surface area (Å²) in [6, 6.07) is 8.57. The van der Waals surface area contributed by atoms with Crippen molar-refractivity contribution in [3.63, 3.8) is 0 Å². The van der Waals surface area contributed by atoms with Crippen molar-refractivity contribution >= 4 is 5.91 Å². The molecule has 1 aromatic carbocycles. The van der Waals surface area contributed by atoms with Crippen molar-refractivity contribution in [2.24, 2.45) is 0 Å². The van der Waals surface area contributed by atoms with Crippen LogP contribution in [-0.2, 0) is 11.2 Å². The Hall–Kier alpha value is -2.30. The zero-order valence-corrected chi connectivity index (χ0v) is 16.4. The van der Waals surface area contributed by atoms with E-state index >= 15 is 0 Å². The summed E-state index contributed by atoms with van der Waals surface area (Å²) in [5.41, 5.74) is 2.29. The molecule has 0 radical (unpaired) electrons. The van der Waals surface area contributed by atoms with E-state index < -0.39 is 0 Å². The maximum atomic E-state index is 13.0. The monoisotopic (exact) mass is 367 g/mol. The molecule has 0 aliphatic carbocycles. The van der Waals surface area contributed by atoms with Crippen LogP contribution >= 0.6 is 0 Å². The number of imidazole rings is 1. The Bertz CT molecular complexity index is 808. The molecule has 2 aliphatic heterocycles. The lowest BCUT2D eigenvalue weighted by atomic mass is 9.91. The minimum Gasteiger partial charge on any atom is -0.497 e. The highest BCUT2D eigenvalue weighted by atomic mass is 16.5. The van der Waals surface area contributed by atoms with Gasteiger partial charge in [-0.25, -0.2) is 4.98 Å². The van der Waals surface area contributed by atoms with E-state index in [0.29, 0.717) is 12.5 Å². The van der Waals surface area contributed by atoms with Crippen molar-refractivity contribution in [1.29, 1.82) is 0 Å². The molecule has 3 heterocycles. The Morgan fingerprint density at radius 3 is 2.89 bits per heavy atom. The Balaban J connectivity index is 1.71. The summed E-state index contributed by atoms with van der Waals surface area (Å²) in [6.07, 6.45) is 8.11. The summed E-state index contributed by atoms with van der Waals surface area (Å²) >= 11 is 0. The number of methoxy groups -OCH3 is 1. The lowest BCUT2D eigenvalue weighted by molar-refractivity contribution is -0.130. The van der Waals surface area contributed by atoms with E-state index in [0.717, 1.165) is 55.2 Å². The topological polar surface area (TPSA) is 47.4 Å². The second kappa shape index (κ2) is 7.75. The summed E-state index contributed by atoms with van der Waals surface area (Å²) < 4.78 is 7.82. The molecule has 144 valence electrons. The summed E-state index contributed by atoms with van der Waals surface area (Å²) in [6.45, 7) is 4.05. The predicted octanol–water partition coefficient (Wildman–Crippen LogP) is 3.93. The van der Waals surface area contributed by atoms with Gasteiger partial charge >= 0.3 is 0 Å². The van der Waals surface area contributed by atoms with E-state index in [1.165, 1.54) is 12.8 Å². The molecule has 1 aromatic heterocycles. The Kier molecular flexibility index (Phi) is 5.19. The molecule has 0 saturated carbocycles. The number of benzene rings is 1. The fourth-order valence-corrected chi connectivity index (χ4v) is 4.57. The number of fused-ring (bicyclic) bond motifs is 1. The molecule has 1 amide bonds. The lowest BCUT2D eigenvalue weighted by Crippen LogP contribution is -2.30. The number of rotatable bonds is 5. The molecule has 1 saturated heterocycles. The number of hydrogen-bond donors (Lipinski definition) is 0. The molecular weight excluding hydrogens is 338 g/mol. The average Bonchev–Trinajstić information content (AvgIpc) is 3.37. The maximum absolute atomic E-state index is 13.0. The summed E-state index contributed by atoms with van der Waals surface area (Å²) in [4.78, 5) is 19.7. The van der Waals surface area contributed by atoms with Gasteiger partial charge in [-0.3, -0.25) is 4.79 Å². The van der Waals surface area contributed by atoms with Crippen molar-refractivity contribution in [2.45, 2.75) is 57.4 Å². The fraction of sp³-hybridized carbons (Fsp3) is 0.545. The highest BCUT2D eigenvalue weighted by molar-refractivity contribution is 5.78. The van der Waals surface area contributed by atoms with Crippen LogP contribution in [0.2, 0.25) is 0 Å². The van der Waals surface area contributed by atoms with Crippen LogP contribution in [0.4, 0.5) is 0 Å². The molecule has 0 N–H and O–H groups in total. The number of ether oxygens (including phenoxy) is 1. The molecule has 0 bridgehead atoms. The smallest absolute Gasteiger partial charge is 0.223 e. The van der Waals surface area contributed by atoms with Crippen molar-refractivity contribution in [2.75, 3.05) is 20.2 Å². The van der Waals surface area contributed by atoms with Crippen LogP contribution in [0.25, 0.3) is 0 Å². The number of carbonyl (C=O) groups excluding carboxylic acids is 1. The summed E-state index contributed by atoms with van der Waals surface area (Å²) in [7, 11) is 1.69. The van der Waals surface area contributed by atoms with Gasteiger partial charge in [-0.1, -0.05) is 12.1 Å². The van der Waals surface area contributed by atoms with E-state index in [-0.39, 0.29) is 11.8 Å². The average molecular weight is 367 g/mol. The van der Waals surface area contributed by atoms with Gasteiger partial charge in [-0.15, -0.1) is 0 Å². The minimum atomic E-state index is 0.00926. The Morgan fingerprint density at radius 2 is 2.11 bits per heavy atom. The van der Waals surface area contributed by atoms with Crippen LogP contribution in [0.15, 0.2) is 30.5 Å². The SMILES string of the molecule is COc1cccc([C@@H](CC(=O)N2CCCC2)c2cnc3n2[C@H](C)CCC3)c1. The van der Waals surface area contributed by atoms with Gasteiger partial charge in [-0.2, -0.15) is 0 Å². The fourth-order valence-electron chi connectivity index (χ4n) is 4.57. The molecule has 0 spiro atoms. The standard InChI is InChI=1S/C22H29N3O2/c1-16-7-5-10-21-23-15-20(25(16)21)19(14-22(26)24-11-3-4-12-24)17-8-6-9-18(13-17)27-2/h6,8-9,13,15-16,19H,3-5,7,10-12,14H2,1-2H3/t16-,19-/m1/s1. The number of amides is 1. The molecule has 5 nitrogen and oxygen atoms in total. The van der Waals surface area contributed by atoms with E-state index in [1.807, 2.05) is 23.2 Å². The van der Waals surface area contributed by atoms with Gasteiger partial charge in [0.25, 0.3) is 0 Å². The van der Waals surface area contributed by atoms with Crippen LogP contribution in [0.1, 0.15) is 68.1 Å². The molecule has 2 atom stereocenters. The Morgan fingerprint density at radius 1 is 1.30 bits per heavy atom. The quantitative estimate of drug-likeness (QED) is 0.804. The molecule has 0 unspecified atom stereocenters. The number of likely N-dealkylation sites (tertiary alicyclic amines) is 1. The van der Waals surface area contributed by atoms with Crippen molar-refractivity contribution in [3.8, 4) is 5.75 Å². The first-order valence-corrected chi connectivity index (χ1v) is 10.1. The predicted molar refractivity (Wildman–Crippen MR) is 105 cm³/mol. The van der Waals surface area contributed by atoms with E-state index in [4.69, 9.17) is 9.72 Å².